The average molecular weight is 302 g/mol. The Morgan fingerprint density at radius 2 is 2.24 bits per heavy atom. The Morgan fingerprint density at radius 1 is 1.59 bits per heavy atom. The summed E-state index contributed by atoms with van der Waals surface area (Å²) in [6.07, 6.45) is 2.16. The molecule has 0 aliphatic heterocycles. The van der Waals surface area contributed by atoms with E-state index < -0.39 is 11.8 Å². The maximum atomic E-state index is 13.6. The molecule has 0 atom stereocenters. The molecule has 1 saturated carbocycles. The van der Waals surface area contributed by atoms with Crippen LogP contribution in [0.3, 0.4) is 0 Å². The van der Waals surface area contributed by atoms with Gasteiger partial charge in [0.1, 0.15) is 5.82 Å². The minimum Gasteiger partial charge on any atom is -0.465 e. The SMILES string of the molecule is COC(=O)c1cc(F)c(Br)c(C)c1NC1CC1. The largest absolute Gasteiger partial charge is 0.465 e. The molecule has 1 aromatic carbocycles. The summed E-state index contributed by atoms with van der Waals surface area (Å²) in [7, 11) is 1.29. The molecule has 1 aliphatic carbocycles. The Balaban J connectivity index is 2.49. The summed E-state index contributed by atoms with van der Waals surface area (Å²) >= 11 is 3.18. The normalized spacial score (nSPS) is 14.6. The van der Waals surface area contributed by atoms with Gasteiger partial charge in [-0.2, -0.15) is 0 Å². The van der Waals surface area contributed by atoms with Gasteiger partial charge in [-0.05, 0) is 47.3 Å². The van der Waals surface area contributed by atoms with Crippen molar-refractivity contribution in [2.75, 3.05) is 12.4 Å². The maximum Gasteiger partial charge on any atom is 0.340 e. The van der Waals surface area contributed by atoms with Gasteiger partial charge in [0.05, 0.1) is 22.8 Å². The van der Waals surface area contributed by atoms with Gasteiger partial charge in [-0.25, -0.2) is 9.18 Å². The van der Waals surface area contributed by atoms with E-state index in [4.69, 9.17) is 0 Å². The number of hydrogen-bond acceptors (Lipinski definition) is 3. The van der Waals surface area contributed by atoms with Crippen molar-refractivity contribution in [2.24, 2.45) is 0 Å². The van der Waals surface area contributed by atoms with Gasteiger partial charge in [0.25, 0.3) is 0 Å². The van der Waals surface area contributed by atoms with Crippen LogP contribution in [0, 0.1) is 12.7 Å². The first kappa shape index (κ1) is 12.4. The van der Waals surface area contributed by atoms with E-state index in [0.29, 0.717) is 21.8 Å². The minimum absolute atomic E-state index is 0.248. The van der Waals surface area contributed by atoms with Gasteiger partial charge in [-0.15, -0.1) is 0 Å². The summed E-state index contributed by atoms with van der Waals surface area (Å²) in [6, 6.07) is 1.59. The first-order valence-corrected chi connectivity index (χ1v) is 6.17. The Morgan fingerprint density at radius 3 is 2.76 bits per heavy atom. The van der Waals surface area contributed by atoms with E-state index in [-0.39, 0.29) is 5.56 Å². The van der Waals surface area contributed by atoms with Crippen LogP contribution in [0.15, 0.2) is 10.5 Å². The number of esters is 1. The van der Waals surface area contributed by atoms with E-state index in [1.165, 1.54) is 13.2 Å². The molecule has 0 bridgehead atoms. The van der Waals surface area contributed by atoms with Crippen LogP contribution >= 0.6 is 15.9 Å². The quantitative estimate of drug-likeness (QED) is 0.871. The lowest BCUT2D eigenvalue weighted by atomic mass is 10.1. The second-order valence-electron chi connectivity index (χ2n) is 4.13. The van der Waals surface area contributed by atoms with Gasteiger partial charge in [-0.1, -0.05) is 0 Å². The van der Waals surface area contributed by atoms with Gasteiger partial charge < -0.3 is 10.1 Å². The molecule has 0 saturated heterocycles. The number of anilines is 1. The number of nitrogens with one attached hydrogen (secondary N) is 1. The van der Waals surface area contributed by atoms with Crippen LogP contribution in [0.5, 0.6) is 0 Å². The fraction of sp³-hybridized carbons (Fsp3) is 0.417. The summed E-state index contributed by atoms with van der Waals surface area (Å²) in [4.78, 5) is 11.6. The van der Waals surface area contributed by atoms with E-state index in [1.54, 1.807) is 6.92 Å². The summed E-state index contributed by atoms with van der Waals surface area (Å²) in [6.45, 7) is 1.77. The van der Waals surface area contributed by atoms with Gasteiger partial charge >= 0.3 is 5.97 Å². The predicted octanol–water partition coefficient (Wildman–Crippen LogP) is 3.26. The van der Waals surface area contributed by atoms with Gasteiger partial charge in [0, 0.05) is 6.04 Å². The van der Waals surface area contributed by atoms with Crippen molar-refractivity contribution < 1.29 is 13.9 Å². The van der Waals surface area contributed by atoms with Gasteiger partial charge in [-0.3, -0.25) is 0 Å². The highest BCUT2D eigenvalue weighted by atomic mass is 79.9. The molecule has 1 aliphatic rings. The van der Waals surface area contributed by atoms with Crippen molar-refractivity contribution >= 4 is 27.6 Å². The molecule has 0 aromatic heterocycles. The van der Waals surface area contributed by atoms with Crippen LogP contribution in [-0.4, -0.2) is 19.1 Å². The lowest BCUT2D eigenvalue weighted by Crippen LogP contribution is -2.12. The van der Waals surface area contributed by atoms with Crippen LogP contribution in [0.25, 0.3) is 0 Å². The molecule has 0 heterocycles. The molecule has 0 spiro atoms. The molecular formula is C12H13BrFNO2. The highest BCUT2D eigenvalue weighted by Crippen LogP contribution is 2.34. The third-order valence-electron chi connectivity index (χ3n) is 2.79. The topological polar surface area (TPSA) is 38.3 Å². The van der Waals surface area contributed by atoms with Gasteiger partial charge in [0.2, 0.25) is 0 Å². The van der Waals surface area contributed by atoms with E-state index in [1.807, 2.05) is 0 Å². The smallest absolute Gasteiger partial charge is 0.340 e. The number of rotatable bonds is 3. The number of carbonyl (C=O) groups excluding carboxylic acids is 1. The number of benzene rings is 1. The van der Waals surface area contributed by atoms with E-state index in [0.717, 1.165) is 12.8 Å². The number of ether oxygens (including phenoxy) is 1. The molecular weight excluding hydrogens is 289 g/mol. The molecule has 1 aromatic rings. The average Bonchev–Trinajstić information content (AvgIpc) is 3.12. The van der Waals surface area contributed by atoms with Crippen LogP contribution in [0.2, 0.25) is 0 Å². The molecule has 92 valence electrons. The second-order valence-corrected chi connectivity index (χ2v) is 4.92. The van der Waals surface area contributed by atoms with Crippen molar-refractivity contribution in [3.63, 3.8) is 0 Å². The van der Waals surface area contributed by atoms with Crippen LogP contribution < -0.4 is 5.32 Å². The monoisotopic (exact) mass is 301 g/mol. The number of halogens is 2. The first-order valence-electron chi connectivity index (χ1n) is 5.38. The van der Waals surface area contributed by atoms with Gasteiger partial charge in [0.15, 0.2) is 0 Å². The molecule has 3 nitrogen and oxygen atoms in total. The van der Waals surface area contributed by atoms with Crippen LogP contribution in [-0.2, 0) is 4.74 Å². The molecule has 0 radical (unpaired) electrons. The summed E-state index contributed by atoms with van der Waals surface area (Å²) in [5.74, 6) is -0.980. The third-order valence-corrected chi connectivity index (χ3v) is 3.76. The summed E-state index contributed by atoms with van der Waals surface area (Å²) in [5.41, 5.74) is 1.60. The molecule has 2 rings (SSSR count). The molecule has 1 fully saturated rings. The second kappa shape index (κ2) is 4.64. The molecule has 0 unspecified atom stereocenters. The highest BCUT2D eigenvalue weighted by molar-refractivity contribution is 9.10. The maximum absolute atomic E-state index is 13.6. The Hall–Kier alpha value is -1.10. The number of hydrogen-bond donors (Lipinski definition) is 1. The van der Waals surface area contributed by atoms with Crippen molar-refractivity contribution in [1.29, 1.82) is 0 Å². The Labute approximate surface area is 107 Å². The Bertz CT molecular complexity index is 472. The zero-order chi connectivity index (χ0) is 12.6. The third kappa shape index (κ3) is 2.44. The van der Waals surface area contributed by atoms with Crippen molar-refractivity contribution in [1.82, 2.24) is 0 Å². The zero-order valence-corrected chi connectivity index (χ0v) is 11.2. The molecule has 0 amide bonds. The van der Waals surface area contributed by atoms with Crippen molar-refractivity contribution in [3.05, 3.63) is 27.5 Å². The molecule has 1 N–H and O–H groups in total. The highest BCUT2D eigenvalue weighted by Gasteiger charge is 2.26. The lowest BCUT2D eigenvalue weighted by Gasteiger charge is -2.15. The first-order chi connectivity index (χ1) is 8.04. The molecule has 5 heteroatoms. The number of carbonyl (C=O) groups is 1. The fourth-order valence-electron chi connectivity index (χ4n) is 1.64. The standard InChI is InChI=1S/C12H13BrFNO2/c1-6-10(13)9(14)5-8(12(16)17-2)11(6)15-7-3-4-7/h5,7,15H,3-4H2,1-2H3. The van der Waals surface area contributed by atoms with Crippen molar-refractivity contribution in [2.45, 2.75) is 25.8 Å². The van der Waals surface area contributed by atoms with Crippen LogP contribution in [0.4, 0.5) is 10.1 Å². The van der Waals surface area contributed by atoms with Crippen LogP contribution in [0.1, 0.15) is 28.8 Å². The zero-order valence-electron chi connectivity index (χ0n) is 9.64. The number of methoxy groups -OCH3 is 1. The predicted molar refractivity (Wildman–Crippen MR) is 66.8 cm³/mol. The minimum atomic E-state index is -0.525. The summed E-state index contributed by atoms with van der Waals surface area (Å²) < 4.78 is 18.6. The fourth-order valence-corrected chi connectivity index (χ4v) is 1.95. The van der Waals surface area contributed by atoms with Crippen molar-refractivity contribution in [3.8, 4) is 0 Å². The van der Waals surface area contributed by atoms with E-state index in [9.17, 15) is 9.18 Å². The molecule has 17 heavy (non-hydrogen) atoms. The summed E-state index contributed by atoms with van der Waals surface area (Å²) in [5, 5.41) is 3.24. The Kier molecular flexibility index (Phi) is 3.38. The lowest BCUT2D eigenvalue weighted by molar-refractivity contribution is 0.0601. The van der Waals surface area contributed by atoms with E-state index >= 15 is 0 Å². The van der Waals surface area contributed by atoms with E-state index in [2.05, 4.69) is 26.0 Å².